The number of carboxylic acids is 1. The summed E-state index contributed by atoms with van der Waals surface area (Å²) < 4.78 is 10.9. The van der Waals surface area contributed by atoms with Gasteiger partial charge in [0.25, 0.3) is 0 Å². The van der Waals surface area contributed by atoms with Crippen LogP contribution in [-0.2, 0) is 10.8 Å². The summed E-state index contributed by atoms with van der Waals surface area (Å²) in [5.41, 5.74) is 0.921. The summed E-state index contributed by atoms with van der Waals surface area (Å²) in [6.07, 6.45) is 2.37. The number of aromatic nitrogens is 1. The van der Waals surface area contributed by atoms with Crippen molar-refractivity contribution in [1.82, 2.24) is 4.98 Å². The highest BCUT2D eigenvalue weighted by Gasteiger charge is 2.10. The van der Waals surface area contributed by atoms with E-state index in [-0.39, 0.29) is 5.56 Å². The van der Waals surface area contributed by atoms with E-state index in [9.17, 15) is 9.00 Å². The number of nitrogens with one attached hydrogen (secondary N) is 1. The Labute approximate surface area is 103 Å². The summed E-state index contributed by atoms with van der Waals surface area (Å²) in [6.45, 7) is 2.37. The van der Waals surface area contributed by atoms with Crippen molar-refractivity contribution in [1.29, 1.82) is 0 Å². The molecule has 0 fully saturated rings. The molecule has 0 aliphatic carbocycles. The fourth-order valence-corrected chi connectivity index (χ4v) is 1.90. The van der Waals surface area contributed by atoms with E-state index in [0.29, 0.717) is 18.1 Å². The first-order chi connectivity index (χ1) is 8.00. The molecule has 5 nitrogen and oxygen atoms in total. The lowest BCUT2D eigenvalue weighted by molar-refractivity contribution is 0.0697. The van der Waals surface area contributed by atoms with Gasteiger partial charge in [0.15, 0.2) is 0 Å². The van der Waals surface area contributed by atoms with Crippen molar-refractivity contribution in [3.63, 3.8) is 0 Å². The van der Waals surface area contributed by atoms with Crippen molar-refractivity contribution in [3.8, 4) is 0 Å². The van der Waals surface area contributed by atoms with Gasteiger partial charge in [0.05, 0.1) is 0 Å². The van der Waals surface area contributed by atoms with Gasteiger partial charge in [-0.2, -0.15) is 0 Å². The lowest BCUT2D eigenvalue weighted by Crippen LogP contribution is -2.12. The molecule has 2 N–H and O–H groups in total. The maximum atomic E-state index is 10.9. The number of hydrogen-bond donors (Lipinski definition) is 2. The summed E-state index contributed by atoms with van der Waals surface area (Å²) >= 11 is 0. The van der Waals surface area contributed by atoms with E-state index >= 15 is 0 Å². The van der Waals surface area contributed by atoms with Gasteiger partial charge in [0.1, 0.15) is 11.4 Å². The second-order valence-electron chi connectivity index (χ2n) is 3.71. The van der Waals surface area contributed by atoms with Crippen molar-refractivity contribution in [2.75, 3.05) is 23.9 Å². The topological polar surface area (TPSA) is 79.3 Å². The first-order valence-electron chi connectivity index (χ1n) is 5.25. The molecule has 0 bridgehead atoms. The number of anilines is 1. The first-order valence-corrected chi connectivity index (χ1v) is 6.98. The number of aryl methyl sites for hydroxylation is 1. The molecule has 1 heterocycles. The molecule has 17 heavy (non-hydrogen) atoms. The van der Waals surface area contributed by atoms with Crippen LogP contribution >= 0.6 is 0 Å². The quantitative estimate of drug-likeness (QED) is 0.749. The van der Waals surface area contributed by atoms with Crippen molar-refractivity contribution in [2.45, 2.75) is 13.3 Å². The van der Waals surface area contributed by atoms with Crippen LogP contribution in [0.15, 0.2) is 12.1 Å². The van der Waals surface area contributed by atoms with E-state index in [1.54, 1.807) is 19.2 Å². The average molecular weight is 256 g/mol. The van der Waals surface area contributed by atoms with Crippen molar-refractivity contribution in [2.24, 2.45) is 0 Å². The molecule has 0 saturated carbocycles. The monoisotopic (exact) mass is 256 g/mol. The number of aromatic carboxylic acids is 1. The van der Waals surface area contributed by atoms with E-state index in [2.05, 4.69) is 10.3 Å². The smallest absolute Gasteiger partial charge is 0.339 e. The predicted octanol–water partition coefficient (Wildman–Crippen LogP) is 1.27. The van der Waals surface area contributed by atoms with Crippen LogP contribution in [0.5, 0.6) is 0 Å². The van der Waals surface area contributed by atoms with Gasteiger partial charge in [0, 0.05) is 35.0 Å². The molecule has 0 spiro atoms. The van der Waals surface area contributed by atoms with E-state index in [1.807, 2.05) is 0 Å². The highest BCUT2D eigenvalue weighted by Crippen LogP contribution is 2.13. The molecule has 0 saturated heterocycles. The molecule has 0 aliphatic rings. The lowest BCUT2D eigenvalue weighted by Gasteiger charge is -2.08. The van der Waals surface area contributed by atoms with Crippen LogP contribution in [0.4, 0.5) is 5.82 Å². The number of pyridine rings is 1. The zero-order valence-electron chi connectivity index (χ0n) is 9.90. The fraction of sp³-hybridized carbons (Fsp3) is 0.455. The van der Waals surface area contributed by atoms with Crippen LogP contribution in [0.1, 0.15) is 22.5 Å². The minimum absolute atomic E-state index is 0.160. The highest BCUT2D eigenvalue weighted by atomic mass is 32.2. The Hall–Kier alpha value is -1.43. The van der Waals surface area contributed by atoms with Gasteiger partial charge in [-0.1, -0.05) is 0 Å². The van der Waals surface area contributed by atoms with Gasteiger partial charge in [-0.15, -0.1) is 0 Å². The summed E-state index contributed by atoms with van der Waals surface area (Å²) in [6, 6.07) is 3.20. The van der Waals surface area contributed by atoms with Gasteiger partial charge in [-0.3, -0.25) is 4.21 Å². The average Bonchev–Trinajstić information content (AvgIpc) is 2.23. The lowest BCUT2D eigenvalue weighted by atomic mass is 10.2. The van der Waals surface area contributed by atoms with E-state index in [0.717, 1.165) is 12.1 Å². The third-order valence-corrected chi connectivity index (χ3v) is 3.03. The Bertz CT molecular complexity index is 435. The standard InChI is InChI=1S/C11H16N2O3S/c1-8-4-5-9(11(14)15)10(13-8)12-6-3-7-17(2)16/h4-5H,3,6-7H2,1-2H3,(H,12,13)(H,14,15). The van der Waals surface area contributed by atoms with Crippen molar-refractivity contribution >= 4 is 22.6 Å². The third kappa shape index (κ3) is 4.52. The van der Waals surface area contributed by atoms with Crippen LogP contribution in [-0.4, -0.2) is 38.8 Å². The number of carbonyl (C=O) groups is 1. The third-order valence-electron chi connectivity index (χ3n) is 2.17. The van der Waals surface area contributed by atoms with E-state index in [4.69, 9.17) is 5.11 Å². The highest BCUT2D eigenvalue weighted by molar-refractivity contribution is 7.84. The van der Waals surface area contributed by atoms with Gasteiger partial charge >= 0.3 is 5.97 Å². The molecule has 1 rings (SSSR count). The van der Waals surface area contributed by atoms with Crippen molar-refractivity contribution < 1.29 is 14.1 Å². The van der Waals surface area contributed by atoms with Crippen LogP contribution in [0.2, 0.25) is 0 Å². The largest absolute Gasteiger partial charge is 0.478 e. The molecular formula is C11H16N2O3S. The second kappa shape index (κ2) is 6.34. The molecule has 1 aromatic rings. The summed E-state index contributed by atoms with van der Waals surface area (Å²) in [5.74, 6) is -0.0280. The van der Waals surface area contributed by atoms with E-state index < -0.39 is 16.8 Å². The number of rotatable bonds is 6. The summed E-state index contributed by atoms with van der Waals surface area (Å²) in [4.78, 5) is 15.1. The molecular weight excluding hydrogens is 240 g/mol. The molecule has 0 amide bonds. The number of hydrogen-bond acceptors (Lipinski definition) is 4. The molecule has 6 heteroatoms. The first kappa shape index (κ1) is 13.6. The molecule has 1 unspecified atom stereocenters. The van der Waals surface area contributed by atoms with Crippen LogP contribution in [0.3, 0.4) is 0 Å². The SMILES string of the molecule is Cc1ccc(C(=O)O)c(NCCCS(C)=O)n1. The molecule has 1 atom stereocenters. The zero-order chi connectivity index (χ0) is 12.8. The molecule has 0 radical (unpaired) electrons. The van der Waals surface area contributed by atoms with Crippen LogP contribution < -0.4 is 5.32 Å². The maximum Gasteiger partial charge on any atom is 0.339 e. The minimum Gasteiger partial charge on any atom is -0.478 e. The molecule has 1 aromatic heterocycles. The molecule has 94 valence electrons. The Kier molecular flexibility index (Phi) is 5.09. The van der Waals surface area contributed by atoms with Crippen molar-refractivity contribution in [3.05, 3.63) is 23.4 Å². The zero-order valence-corrected chi connectivity index (χ0v) is 10.7. The number of nitrogens with zero attached hydrogens (tertiary/aromatic N) is 1. The predicted molar refractivity (Wildman–Crippen MR) is 68.0 cm³/mol. The Morgan fingerprint density at radius 2 is 2.24 bits per heavy atom. The molecule has 0 aromatic carbocycles. The van der Waals surface area contributed by atoms with Gasteiger partial charge in [-0.25, -0.2) is 9.78 Å². The van der Waals surface area contributed by atoms with Gasteiger partial charge < -0.3 is 10.4 Å². The van der Waals surface area contributed by atoms with Gasteiger partial charge in [-0.05, 0) is 25.5 Å². The second-order valence-corrected chi connectivity index (χ2v) is 5.27. The minimum atomic E-state index is -1.00. The Morgan fingerprint density at radius 1 is 1.53 bits per heavy atom. The van der Waals surface area contributed by atoms with E-state index in [1.165, 1.54) is 6.07 Å². The molecule has 0 aliphatic heterocycles. The Morgan fingerprint density at radius 3 is 2.82 bits per heavy atom. The summed E-state index contributed by atoms with van der Waals surface area (Å²) in [7, 11) is -0.819. The fourth-order valence-electron chi connectivity index (χ4n) is 1.35. The Balaban J connectivity index is 2.65. The normalized spacial score (nSPS) is 12.1. The summed E-state index contributed by atoms with van der Waals surface area (Å²) in [5, 5.41) is 11.9. The van der Waals surface area contributed by atoms with Gasteiger partial charge in [0.2, 0.25) is 0 Å². The van der Waals surface area contributed by atoms with Crippen LogP contribution in [0, 0.1) is 6.92 Å². The maximum absolute atomic E-state index is 10.9. The number of carboxylic acid groups (broad SMARTS) is 1. The van der Waals surface area contributed by atoms with Crippen LogP contribution in [0.25, 0.3) is 0 Å².